The van der Waals surface area contributed by atoms with E-state index < -0.39 is 5.82 Å². The van der Waals surface area contributed by atoms with Crippen molar-refractivity contribution in [3.05, 3.63) is 64.4 Å². The van der Waals surface area contributed by atoms with E-state index in [1.165, 1.54) is 18.2 Å². The molecule has 1 atom stereocenters. The fraction of sp³-hybridized carbons (Fsp3) is 0.364. The number of nitrogens with one attached hydrogen (secondary N) is 1. The summed E-state index contributed by atoms with van der Waals surface area (Å²) in [6.45, 7) is 0.983. The van der Waals surface area contributed by atoms with Gasteiger partial charge in [-0.15, -0.1) is 0 Å². The number of hydrogen-bond acceptors (Lipinski definition) is 3. The maximum absolute atomic E-state index is 13.4. The Morgan fingerprint density at radius 3 is 2.52 bits per heavy atom. The van der Waals surface area contributed by atoms with Crippen LogP contribution in [0.4, 0.5) is 4.39 Å². The van der Waals surface area contributed by atoms with E-state index in [1.54, 1.807) is 29.2 Å². The summed E-state index contributed by atoms with van der Waals surface area (Å²) in [6, 6.07) is 11.3. The first-order chi connectivity index (χ1) is 14.0. The van der Waals surface area contributed by atoms with E-state index in [0.29, 0.717) is 36.1 Å². The molecular weight excluding hydrogens is 395 g/mol. The van der Waals surface area contributed by atoms with E-state index in [-0.39, 0.29) is 22.9 Å². The summed E-state index contributed by atoms with van der Waals surface area (Å²) in [4.78, 5) is 26.6. The van der Waals surface area contributed by atoms with Crippen molar-refractivity contribution in [2.45, 2.75) is 37.8 Å². The van der Waals surface area contributed by atoms with Gasteiger partial charge in [0.2, 0.25) is 0 Å². The molecule has 5 nitrogen and oxygen atoms in total. The molecule has 1 saturated heterocycles. The minimum atomic E-state index is -0.543. The molecule has 2 fully saturated rings. The van der Waals surface area contributed by atoms with Gasteiger partial charge in [-0.2, -0.15) is 0 Å². The number of hydrogen-bond donors (Lipinski definition) is 1. The lowest BCUT2D eigenvalue weighted by Gasteiger charge is -2.25. The fourth-order valence-corrected chi connectivity index (χ4v) is 3.64. The second-order valence-electron chi connectivity index (χ2n) is 7.51. The molecule has 29 heavy (non-hydrogen) atoms. The summed E-state index contributed by atoms with van der Waals surface area (Å²) in [5.74, 6) is -0.134. The number of nitrogens with zero attached hydrogens (tertiary/aromatic N) is 1. The SMILES string of the molecule is O=C(NC1CC1)c1ccc(OCC2CCCN2C(=O)c2ccc(F)c(Cl)c2)cc1. The molecule has 2 amide bonds. The minimum absolute atomic E-state index is 0.0614. The van der Waals surface area contributed by atoms with Crippen LogP contribution in [-0.4, -0.2) is 41.9 Å². The maximum atomic E-state index is 13.4. The lowest BCUT2D eigenvalue weighted by atomic mass is 10.1. The molecule has 2 aliphatic rings. The van der Waals surface area contributed by atoms with Crippen molar-refractivity contribution >= 4 is 23.4 Å². The zero-order valence-electron chi connectivity index (χ0n) is 15.9. The molecule has 1 heterocycles. The van der Waals surface area contributed by atoms with Gasteiger partial charge in [0.25, 0.3) is 11.8 Å². The van der Waals surface area contributed by atoms with Gasteiger partial charge < -0.3 is 15.0 Å². The molecule has 1 N–H and O–H groups in total. The highest BCUT2D eigenvalue weighted by Gasteiger charge is 2.30. The van der Waals surface area contributed by atoms with Crippen LogP contribution in [0.3, 0.4) is 0 Å². The summed E-state index contributed by atoms with van der Waals surface area (Å²) in [6.07, 6.45) is 3.82. The Kier molecular flexibility index (Phi) is 5.72. The number of likely N-dealkylation sites (tertiary alicyclic amines) is 1. The third kappa shape index (κ3) is 4.70. The van der Waals surface area contributed by atoms with Crippen LogP contribution in [0.25, 0.3) is 0 Å². The predicted molar refractivity (Wildman–Crippen MR) is 108 cm³/mol. The molecule has 1 aliphatic heterocycles. The van der Waals surface area contributed by atoms with Crippen molar-refractivity contribution < 1.29 is 18.7 Å². The van der Waals surface area contributed by atoms with Crippen LogP contribution >= 0.6 is 11.6 Å². The van der Waals surface area contributed by atoms with E-state index in [9.17, 15) is 14.0 Å². The van der Waals surface area contributed by atoms with E-state index in [4.69, 9.17) is 16.3 Å². The van der Waals surface area contributed by atoms with Gasteiger partial charge in [-0.05, 0) is 68.1 Å². The van der Waals surface area contributed by atoms with Gasteiger partial charge in [-0.1, -0.05) is 11.6 Å². The quantitative estimate of drug-likeness (QED) is 0.772. The highest BCUT2D eigenvalue weighted by Crippen LogP contribution is 2.24. The zero-order valence-corrected chi connectivity index (χ0v) is 16.6. The molecule has 4 rings (SSSR count). The van der Waals surface area contributed by atoms with Gasteiger partial charge in [0.1, 0.15) is 18.2 Å². The van der Waals surface area contributed by atoms with E-state index >= 15 is 0 Å². The van der Waals surface area contributed by atoms with Gasteiger partial charge in [-0.25, -0.2) is 4.39 Å². The van der Waals surface area contributed by atoms with Crippen LogP contribution < -0.4 is 10.1 Å². The van der Waals surface area contributed by atoms with Gasteiger partial charge in [-0.3, -0.25) is 9.59 Å². The van der Waals surface area contributed by atoms with Crippen molar-refractivity contribution in [3.63, 3.8) is 0 Å². The molecule has 0 bridgehead atoms. The standard InChI is InChI=1S/C22H22ClFN2O3/c23-19-12-15(5-10-20(19)24)22(28)26-11-1-2-17(26)13-29-18-8-3-14(4-9-18)21(27)25-16-6-7-16/h3-5,8-10,12,16-17H,1-2,6-7,11,13H2,(H,25,27). The second kappa shape index (κ2) is 8.41. The summed E-state index contributed by atoms with van der Waals surface area (Å²) in [7, 11) is 0. The molecule has 0 spiro atoms. The van der Waals surface area contributed by atoms with Crippen LogP contribution in [0.15, 0.2) is 42.5 Å². The van der Waals surface area contributed by atoms with Crippen LogP contribution in [0.5, 0.6) is 5.75 Å². The molecule has 1 aliphatic carbocycles. The Hall–Kier alpha value is -2.60. The normalized spacial score (nSPS) is 18.6. The van der Waals surface area contributed by atoms with Gasteiger partial charge >= 0.3 is 0 Å². The Morgan fingerprint density at radius 2 is 1.83 bits per heavy atom. The van der Waals surface area contributed by atoms with E-state index in [1.807, 2.05) is 0 Å². The van der Waals surface area contributed by atoms with Gasteiger partial charge in [0.05, 0.1) is 11.1 Å². The zero-order chi connectivity index (χ0) is 20.4. The Balaban J connectivity index is 1.35. The molecule has 152 valence electrons. The van der Waals surface area contributed by atoms with Crippen molar-refractivity contribution in [3.8, 4) is 5.75 Å². The molecule has 2 aromatic carbocycles. The fourth-order valence-electron chi connectivity index (χ4n) is 3.46. The van der Waals surface area contributed by atoms with E-state index in [0.717, 1.165) is 25.7 Å². The molecule has 1 saturated carbocycles. The highest BCUT2D eigenvalue weighted by atomic mass is 35.5. The third-order valence-corrected chi connectivity index (χ3v) is 5.57. The van der Waals surface area contributed by atoms with E-state index in [2.05, 4.69) is 5.32 Å². The van der Waals surface area contributed by atoms with Gasteiger partial charge in [0.15, 0.2) is 0 Å². The summed E-state index contributed by atoms with van der Waals surface area (Å²) >= 11 is 5.81. The number of amides is 2. The number of carbonyl (C=O) groups excluding carboxylic acids is 2. The summed E-state index contributed by atoms with van der Waals surface area (Å²) < 4.78 is 19.2. The smallest absolute Gasteiger partial charge is 0.254 e. The lowest BCUT2D eigenvalue weighted by molar-refractivity contribution is 0.0691. The lowest BCUT2D eigenvalue weighted by Crippen LogP contribution is -2.39. The molecule has 2 aromatic rings. The molecular formula is C22H22ClFN2O3. The van der Waals surface area contributed by atoms with Gasteiger partial charge in [0, 0.05) is 23.7 Å². The predicted octanol–water partition coefficient (Wildman–Crippen LogP) is 4.05. The van der Waals surface area contributed by atoms with Crippen LogP contribution in [-0.2, 0) is 0 Å². The monoisotopic (exact) mass is 416 g/mol. The average Bonchev–Trinajstić information content (AvgIpc) is 3.41. The summed E-state index contributed by atoms with van der Waals surface area (Å²) in [5.41, 5.74) is 0.976. The molecule has 7 heteroatoms. The first-order valence-electron chi connectivity index (χ1n) is 9.81. The Labute approximate surface area is 173 Å². The number of benzene rings is 2. The van der Waals surface area contributed by atoms with Crippen LogP contribution in [0, 0.1) is 5.82 Å². The topological polar surface area (TPSA) is 58.6 Å². The van der Waals surface area contributed by atoms with Crippen molar-refractivity contribution in [1.82, 2.24) is 10.2 Å². The Morgan fingerprint density at radius 1 is 1.10 bits per heavy atom. The van der Waals surface area contributed by atoms with Crippen molar-refractivity contribution in [2.24, 2.45) is 0 Å². The first kappa shape index (κ1) is 19.7. The summed E-state index contributed by atoms with van der Waals surface area (Å²) in [5, 5.41) is 2.89. The second-order valence-corrected chi connectivity index (χ2v) is 7.91. The largest absolute Gasteiger partial charge is 0.491 e. The molecule has 0 aromatic heterocycles. The third-order valence-electron chi connectivity index (χ3n) is 5.28. The highest BCUT2D eigenvalue weighted by molar-refractivity contribution is 6.31. The number of halogens is 2. The molecule has 1 unspecified atom stereocenters. The number of rotatable bonds is 6. The Bertz CT molecular complexity index is 915. The number of carbonyl (C=O) groups is 2. The molecule has 0 radical (unpaired) electrons. The maximum Gasteiger partial charge on any atom is 0.254 e. The number of ether oxygens (including phenoxy) is 1. The first-order valence-corrected chi connectivity index (χ1v) is 10.2. The van der Waals surface area contributed by atoms with Crippen LogP contribution in [0.1, 0.15) is 46.4 Å². The minimum Gasteiger partial charge on any atom is -0.491 e. The van der Waals surface area contributed by atoms with Crippen molar-refractivity contribution in [1.29, 1.82) is 0 Å². The van der Waals surface area contributed by atoms with Crippen molar-refractivity contribution in [2.75, 3.05) is 13.2 Å². The van der Waals surface area contributed by atoms with Crippen LogP contribution in [0.2, 0.25) is 5.02 Å². The average molecular weight is 417 g/mol.